The first-order valence-electron chi connectivity index (χ1n) is 13.6. The lowest BCUT2D eigenvalue weighted by Gasteiger charge is -2.33. The van der Waals surface area contributed by atoms with Crippen LogP contribution < -0.4 is 10.6 Å². The fourth-order valence-electron chi connectivity index (χ4n) is 6.11. The van der Waals surface area contributed by atoms with Gasteiger partial charge in [-0.3, -0.25) is 14.5 Å². The molecule has 2 aliphatic rings. The molecule has 0 bridgehead atoms. The second kappa shape index (κ2) is 11.4. The number of nitrogens with zero attached hydrogens (tertiary/aromatic N) is 3. The largest absolute Gasteiger partial charge is 0.481 e. The first-order valence-corrected chi connectivity index (χ1v) is 14.0. The molecule has 1 aliphatic carbocycles. The highest BCUT2D eigenvalue weighted by molar-refractivity contribution is 6.36. The van der Waals surface area contributed by atoms with Gasteiger partial charge in [-0.15, -0.1) is 0 Å². The van der Waals surface area contributed by atoms with Crippen LogP contribution in [-0.2, 0) is 24.8 Å². The van der Waals surface area contributed by atoms with Gasteiger partial charge in [-0.05, 0) is 61.8 Å². The number of nitrogens with one attached hydrogen (secondary N) is 2. The zero-order valence-corrected chi connectivity index (χ0v) is 23.5. The fourth-order valence-corrected chi connectivity index (χ4v) is 6.39. The third-order valence-electron chi connectivity index (χ3n) is 8.39. The molecule has 1 aromatic heterocycles. The number of benzene rings is 2. The number of aliphatic carboxylic acids is 1. The van der Waals surface area contributed by atoms with E-state index < -0.39 is 5.97 Å². The molecular formula is C30H36ClN5O3. The van der Waals surface area contributed by atoms with Crippen LogP contribution in [0, 0.1) is 18.8 Å². The standard InChI is InChI=1S/C30H36ClN5O3/c1-18-21(6-4-8-23(18)32-2)22-7-5-9-24(27(22)31)34-29(37)28-33-25-17-36(15-14-26(25)35(28)3)16-19-10-12-20(13-11-19)30(38)39/h4-9,19-20,32H,10-17H2,1-3H3,(H,34,37)(H,38,39). The number of carbonyl (C=O) groups excluding carboxylic acids is 1. The molecule has 3 N–H and O–H groups in total. The normalized spacial score (nSPS) is 19.4. The van der Waals surface area contributed by atoms with E-state index in [1.807, 2.05) is 62.0 Å². The van der Waals surface area contributed by atoms with E-state index in [0.29, 0.717) is 29.0 Å². The summed E-state index contributed by atoms with van der Waals surface area (Å²) in [6.45, 7) is 4.60. The first kappa shape index (κ1) is 27.2. The van der Waals surface area contributed by atoms with Crippen molar-refractivity contribution < 1.29 is 14.7 Å². The summed E-state index contributed by atoms with van der Waals surface area (Å²) in [6, 6.07) is 11.7. The Morgan fingerprint density at radius 3 is 2.46 bits per heavy atom. The van der Waals surface area contributed by atoms with E-state index in [-0.39, 0.29) is 11.8 Å². The van der Waals surface area contributed by atoms with E-state index >= 15 is 0 Å². The second-order valence-corrected chi connectivity index (χ2v) is 11.2. The van der Waals surface area contributed by atoms with E-state index in [1.165, 1.54) is 0 Å². The first-order chi connectivity index (χ1) is 18.8. The second-order valence-electron chi connectivity index (χ2n) is 10.8. The average Bonchev–Trinajstić information content (AvgIpc) is 3.26. The number of carboxylic acids is 1. The average molecular weight is 550 g/mol. The number of fused-ring (bicyclic) bond motifs is 1. The Hall–Kier alpha value is -3.36. The molecule has 0 atom stereocenters. The number of imidazole rings is 1. The van der Waals surface area contributed by atoms with Gasteiger partial charge >= 0.3 is 5.97 Å². The summed E-state index contributed by atoms with van der Waals surface area (Å²) in [5, 5.41) is 16.0. The van der Waals surface area contributed by atoms with Gasteiger partial charge in [-0.25, -0.2) is 4.98 Å². The number of halogens is 1. The minimum Gasteiger partial charge on any atom is -0.481 e. The van der Waals surface area contributed by atoms with Crippen molar-refractivity contribution in [3.63, 3.8) is 0 Å². The third kappa shape index (κ3) is 5.54. The Morgan fingerprint density at radius 1 is 1.08 bits per heavy atom. The van der Waals surface area contributed by atoms with Gasteiger partial charge in [-0.2, -0.15) is 0 Å². The summed E-state index contributed by atoms with van der Waals surface area (Å²) in [5.74, 6) is -0.256. The van der Waals surface area contributed by atoms with Gasteiger partial charge in [0.25, 0.3) is 5.91 Å². The monoisotopic (exact) mass is 549 g/mol. The zero-order valence-electron chi connectivity index (χ0n) is 22.8. The van der Waals surface area contributed by atoms with E-state index in [1.54, 1.807) is 0 Å². The summed E-state index contributed by atoms with van der Waals surface area (Å²) in [4.78, 5) is 31.8. The fraction of sp³-hybridized carbons (Fsp3) is 0.433. The Morgan fingerprint density at radius 2 is 1.77 bits per heavy atom. The molecule has 0 unspecified atom stereocenters. The molecule has 0 spiro atoms. The maximum atomic E-state index is 13.4. The van der Waals surface area contributed by atoms with Gasteiger partial charge in [0.15, 0.2) is 5.82 Å². The molecule has 1 amide bonds. The lowest BCUT2D eigenvalue weighted by molar-refractivity contribution is -0.143. The molecule has 206 valence electrons. The SMILES string of the molecule is CNc1cccc(-c2cccc(NC(=O)c3nc4c(n3C)CCN(CC3CCC(C(=O)O)CC3)C4)c2Cl)c1C. The molecule has 2 heterocycles. The molecule has 1 saturated carbocycles. The molecule has 8 nitrogen and oxygen atoms in total. The molecule has 5 rings (SSSR count). The van der Waals surface area contributed by atoms with E-state index in [9.17, 15) is 14.7 Å². The number of anilines is 2. The van der Waals surface area contributed by atoms with Crippen LogP contribution in [0.25, 0.3) is 11.1 Å². The van der Waals surface area contributed by atoms with Crippen LogP contribution in [0.5, 0.6) is 0 Å². The van der Waals surface area contributed by atoms with Crippen molar-refractivity contribution in [3.05, 3.63) is 64.2 Å². The van der Waals surface area contributed by atoms with Gasteiger partial charge < -0.3 is 20.3 Å². The Balaban J connectivity index is 1.29. The Labute approximate surface area is 234 Å². The predicted molar refractivity (Wildman–Crippen MR) is 154 cm³/mol. The summed E-state index contributed by atoms with van der Waals surface area (Å²) in [6.07, 6.45) is 4.26. The highest BCUT2D eigenvalue weighted by Crippen LogP contribution is 2.37. The highest BCUT2D eigenvalue weighted by Gasteiger charge is 2.30. The molecule has 0 radical (unpaired) electrons. The van der Waals surface area contributed by atoms with Crippen molar-refractivity contribution in [2.75, 3.05) is 30.8 Å². The molecule has 39 heavy (non-hydrogen) atoms. The van der Waals surface area contributed by atoms with Gasteiger partial charge in [0.05, 0.1) is 22.3 Å². The lowest BCUT2D eigenvalue weighted by atomic mass is 9.81. The Kier molecular flexibility index (Phi) is 7.96. The maximum absolute atomic E-state index is 13.4. The summed E-state index contributed by atoms with van der Waals surface area (Å²) >= 11 is 6.82. The minimum absolute atomic E-state index is 0.192. The number of rotatable bonds is 7. The van der Waals surface area contributed by atoms with Crippen molar-refractivity contribution in [2.24, 2.45) is 18.9 Å². The number of aromatic nitrogens is 2. The number of amides is 1. The van der Waals surface area contributed by atoms with Gasteiger partial charge in [0.1, 0.15) is 0 Å². The Bertz CT molecular complexity index is 1390. The number of hydrogen-bond donors (Lipinski definition) is 3. The van der Waals surface area contributed by atoms with Crippen LogP contribution in [0.1, 0.15) is 53.3 Å². The van der Waals surface area contributed by atoms with Crippen molar-refractivity contribution >= 4 is 34.9 Å². The molecule has 2 aromatic carbocycles. The van der Waals surface area contributed by atoms with Crippen LogP contribution in [0.15, 0.2) is 36.4 Å². The number of hydrogen-bond acceptors (Lipinski definition) is 5. The predicted octanol–water partition coefficient (Wildman–Crippen LogP) is 5.59. The van der Waals surface area contributed by atoms with Crippen molar-refractivity contribution in [3.8, 4) is 11.1 Å². The minimum atomic E-state index is -0.665. The topological polar surface area (TPSA) is 99.5 Å². The van der Waals surface area contributed by atoms with Gasteiger partial charge in [0, 0.05) is 57.1 Å². The summed E-state index contributed by atoms with van der Waals surface area (Å²) < 4.78 is 1.90. The molecule has 3 aromatic rings. The zero-order chi connectivity index (χ0) is 27.7. The number of carboxylic acid groups (broad SMARTS) is 1. The quantitative estimate of drug-likeness (QED) is 0.355. The van der Waals surface area contributed by atoms with Gasteiger partial charge in [0.2, 0.25) is 0 Å². The highest BCUT2D eigenvalue weighted by atomic mass is 35.5. The van der Waals surface area contributed by atoms with Gasteiger partial charge in [-0.1, -0.05) is 35.9 Å². The summed E-state index contributed by atoms with van der Waals surface area (Å²) in [7, 11) is 3.79. The smallest absolute Gasteiger partial charge is 0.306 e. The van der Waals surface area contributed by atoms with Crippen LogP contribution in [-0.4, -0.2) is 51.6 Å². The summed E-state index contributed by atoms with van der Waals surface area (Å²) in [5.41, 5.74) is 6.55. The maximum Gasteiger partial charge on any atom is 0.306 e. The van der Waals surface area contributed by atoms with Crippen LogP contribution in [0.3, 0.4) is 0 Å². The molecule has 0 saturated heterocycles. The van der Waals surface area contributed by atoms with Crippen molar-refractivity contribution in [1.29, 1.82) is 0 Å². The van der Waals surface area contributed by atoms with E-state index in [0.717, 1.165) is 79.0 Å². The van der Waals surface area contributed by atoms with Crippen LogP contribution >= 0.6 is 11.6 Å². The van der Waals surface area contributed by atoms with Crippen LogP contribution in [0.4, 0.5) is 11.4 Å². The van der Waals surface area contributed by atoms with E-state index in [2.05, 4.69) is 15.5 Å². The molecule has 1 aliphatic heterocycles. The third-order valence-corrected chi connectivity index (χ3v) is 8.80. The number of carbonyl (C=O) groups is 2. The molecule has 1 fully saturated rings. The lowest BCUT2D eigenvalue weighted by Crippen LogP contribution is -2.36. The van der Waals surface area contributed by atoms with E-state index in [4.69, 9.17) is 16.6 Å². The van der Waals surface area contributed by atoms with Crippen LogP contribution in [0.2, 0.25) is 5.02 Å². The van der Waals surface area contributed by atoms with Crippen molar-refractivity contribution in [2.45, 2.75) is 45.6 Å². The molecule has 9 heteroatoms. The molecular weight excluding hydrogens is 514 g/mol. The van der Waals surface area contributed by atoms with Crippen molar-refractivity contribution in [1.82, 2.24) is 14.5 Å².